The van der Waals surface area contributed by atoms with E-state index < -0.39 is 0 Å². The summed E-state index contributed by atoms with van der Waals surface area (Å²) in [6.45, 7) is 1.80. The van der Waals surface area contributed by atoms with Gasteiger partial charge in [-0.1, -0.05) is 28.1 Å². The van der Waals surface area contributed by atoms with Crippen LogP contribution in [0.3, 0.4) is 0 Å². The third-order valence-electron chi connectivity index (χ3n) is 4.26. The van der Waals surface area contributed by atoms with Crippen molar-refractivity contribution >= 4 is 38.6 Å². The van der Waals surface area contributed by atoms with E-state index in [0.717, 1.165) is 15.5 Å². The molecule has 0 aliphatic heterocycles. The standard InChI is InChI=1S/C20H14BrN5O/c1-12-16(20(27)26(25-12)15-8-6-14(21)7-9-15)10-13(11-22)19-23-17-4-2-3-5-18(17)24-19/h2-10,25H,1H3,(H,23,24). The molecule has 4 rings (SSSR count). The van der Waals surface area contributed by atoms with Gasteiger partial charge in [-0.3, -0.25) is 9.89 Å². The lowest BCUT2D eigenvalue weighted by Crippen LogP contribution is -2.15. The van der Waals surface area contributed by atoms with E-state index in [2.05, 4.69) is 37.1 Å². The molecule has 7 heteroatoms. The van der Waals surface area contributed by atoms with Crippen molar-refractivity contribution in [2.24, 2.45) is 0 Å². The lowest BCUT2D eigenvalue weighted by Gasteiger charge is -2.00. The summed E-state index contributed by atoms with van der Waals surface area (Å²) < 4.78 is 2.39. The Morgan fingerprint density at radius 1 is 1.22 bits per heavy atom. The molecule has 0 amide bonds. The van der Waals surface area contributed by atoms with E-state index in [-0.39, 0.29) is 5.56 Å². The van der Waals surface area contributed by atoms with Crippen molar-refractivity contribution in [3.8, 4) is 11.8 Å². The highest BCUT2D eigenvalue weighted by atomic mass is 79.9. The molecule has 0 unspecified atom stereocenters. The number of fused-ring (bicyclic) bond motifs is 1. The van der Waals surface area contributed by atoms with Crippen LogP contribution in [0, 0.1) is 18.3 Å². The average molecular weight is 420 g/mol. The van der Waals surface area contributed by atoms with Crippen LogP contribution >= 0.6 is 15.9 Å². The predicted octanol–water partition coefficient (Wildman–Crippen LogP) is 4.18. The first-order chi connectivity index (χ1) is 13.1. The Balaban J connectivity index is 1.81. The maximum absolute atomic E-state index is 12.9. The normalized spacial score (nSPS) is 11.7. The minimum Gasteiger partial charge on any atom is -0.337 e. The molecule has 4 aromatic rings. The first-order valence-electron chi connectivity index (χ1n) is 8.21. The highest BCUT2D eigenvalue weighted by Gasteiger charge is 2.14. The van der Waals surface area contributed by atoms with E-state index in [0.29, 0.717) is 28.3 Å². The Labute approximate surface area is 162 Å². The van der Waals surface area contributed by atoms with E-state index >= 15 is 0 Å². The van der Waals surface area contributed by atoms with Crippen LogP contribution in [0.1, 0.15) is 17.1 Å². The van der Waals surface area contributed by atoms with Gasteiger partial charge in [-0.25, -0.2) is 9.67 Å². The molecule has 2 aromatic heterocycles. The highest BCUT2D eigenvalue weighted by Crippen LogP contribution is 2.20. The number of allylic oxidation sites excluding steroid dienone is 1. The summed E-state index contributed by atoms with van der Waals surface area (Å²) in [4.78, 5) is 20.4. The number of nitriles is 1. The van der Waals surface area contributed by atoms with E-state index in [1.54, 1.807) is 13.0 Å². The van der Waals surface area contributed by atoms with Crippen LogP contribution in [0.15, 0.2) is 57.8 Å². The van der Waals surface area contributed by atoms with Crippen molar-refractivity contribution < 1.29 is 0 Å². The molecule has 132 valence electrons. The molecule has 0 spiro atoms. The Morgan fingerprint density at radius 2 is 1.96 bits per heavy atom. The third kappa shape index (κ3) is 3.11. The number of para-hydroxylation sites is 2. The van der Waals surface area contributed by atoms with Gasteiger partial charge in [-0.15, -0.1) is 0 Å². The molecule has 2 N–H and O–H groups in total. The number of benzene rings is 2. The fourth-order valence-electron chi connectivity index (χ4n) is 2.88. The summed E-state index contributed by atoms with van der Waals surface area (Å²) in [5.74, 6) is 0.439. The van der Waals surface area contributed by atoms with Gasteiger partial charge in [-0.2, -0.15) is 5.26 Å². The molecule has 0 aliphatic rings. The Kier molecular flexibility index (Phi) is 4.26. The second-order valence-electron chi connectivity index (χ2n) is 6.04. The molecule has 0 bridgehead atoms. The van der Waals surface area contributed by atoms with Crippen molar-refractivity contribution in [2.45, 2.75) is 6.92 Å². The van der Waals surface area contributed by atoms with Gasteiger partial charge in [0, 0.05) is 10.2 Å². The number of aromatic nitrogens is 4. The van der Waals surface area contributed by atoms with Crippen LogP contribution in [0.2, 0.25) is 0 Å². The van der Waals surface area contributed by atoms with Gasteiger partial charge in [-0.05, 0) is 49.4 Å². The quantitative estimate of drug-likeness (QED) is 0.488. The van der Waals surface area contributed by atoms with Gasteiger partial charge in [0.1, 0.15) is 11.9 Å². The fraction of sp³-hybridized carbons (Fsp3) is 0.0500. The van der Waals surface area contributed by atoms with Crippen LogP contribution in [0.5, 0.6) is 0 Å². The molecule has 0 fully saturated rings. The lowest BCUT2D eigenvalue weighted by atomic mass is 10.1. The van der Waals surface area contributed by atoms with Gasteiger partial charge in [0.2, 0.25) is 0 Å². The second-order valence-corrected chi connectivity index (χ2v) is 6.96. The van der Waals surface area contributed by atoms with Crippen molar-refractivity contribution in [1.82, 2.24) is 19.7 Å². The monoisotopic (exact) mass is 419 g/mol. The van der Waals surface area contributed by atoms with Crippen molar-refractivity contribution in [3.63, 3.8) is 0 Å². The smallest absolute Gasteiger partial charge is 0.278 e. The maximum atomic E-state index is 12.9. The number of nitrogens with zero attached hydrogens (tertiary/aromatic N) is 3. The van der Waals surface area contributed by atoms with Gasteiger partial charge >= 0.3 is 0 Å². The van der Waals surface area contributed by atoms with Crippen LogP contribution in [-0.4, -0.2) is 19.7 Å². The number of rotatable bonds is 3. The zero-order valence-electron chi connectivity index (χ0n) is 14.3. The summed E-state index contributed by atoms with van der Waals surface area (Å²) in [7, 11) is 0. The van der Waals surface area contributed by atoms with Gasteiger partial charge in [0.25, 0.3) is 5.56 Å². The summed E-state index contributed by atoms with van der Waals surface area (Å²) in [5.41, 5.74) is 3.50. The van der Waals surface area contributed by atoms with Gasteiger partial charge in [0.05, 0.1) is 27.9 Å². The van der Waals surface area contributed by atoms with Crippen molar-refractivity contribution in [2.75, 3.05) is 0 Å². The first-order valence-corrected chi connectivity index (χ1v) is 9.00. The minimum atomic E-state index is -0.223. The largest absolute Gasteiger partial charge is 0.337 e. The van der Waals surface area contributed by atoms with Crippen LogP contribution in [0.25, 0.3) is 28.4 Å². The number of imidazole rings is 1. The topological polar surface area (TPSA) is 90.3 Å². The van der Waals surface area contributed by atoms with Crippen LogP contribution in [-0.2, 0) is 0 Å². The van der Waals surface area contributed by atoms with Crippen molar-refractivity contribution in [1.29, 1.82) is 5.26 Å². The summed E-state index contributed by atoms with van der Waals surface area (Å²) >= 11 is 3.39. The predicted molar refractivity (Wildman–Crippen MR) is 108 cm³/mol. The van der Waals surface area contributed by atoms with E-state index in [4.69, 9.17) is 0 Å². The number of nitrogens with one attached hydrogen (secondary N) is 2. The third-order valence-corrected chi connectivity index (χ3v) is 4.78. The number of aromatic amines is 2. The highest BCUT2D eigenvalue weighted by molar-refractivity contribution is 9.10. The zero-order valence-corrected chi connectivity index (χ0v) is 15.9. The molecule has 0 atom stereocenters. The first kappa shape index (κ1) is 17.1. The maximum Gasteiger partial charge on any atom is 0.278 e. The zero-order chi connectivity index (χ0) is 19.0. The molecule has 0 aliphatic carbocycles. The average Bonchev–Trinajstić information content (AvgIpc) is 3.22. The van der Waals surface area contributed by atoms with Crippen molar-refractivity contribution in [3.05, 3.63) is 80.4 Å². The minimum absolute atomic E-state index is 0.223. The Morgan fingerprint density at radius 3 is 2.67 bits per heavy atom. The second kappa shape index (κ2) is 6.74. The number of halogens is 1. The number of H-pyrrole nitrogens is 2. The molecule has 6 nitrogen and oxygen atoms in total. The van der Waals surface area contributed by atoms with Crippen LogP contribution < -0.4 is 5.56 Å². The molecular weight excluding hydrogens is 406 g/mol. The molecule has 2 aromatic carbocycles. The molecule has 2 heterocycles. The number of hydrogen-bond acceptors (Lipinski definition) is 3. The SMILES string of the molecule is Cc1[nH]n(-c2ccc(Br)cc2)c(=O)c1C=C(C#N)c1nc2ccccc2[nH]1. The Hall–Kier alpha value is -3.37. The lowest BCUT2D eigenvalue weighted by molar-refractivity contribution is 0.835. The van der Waals surface area contributed by atoms with Gasteiger partial charge in [0.15, 0.2) is 0 Å². The van der Waals surface area contributed by atoms with E-state index in [1.165, 1.54) is 4.68 Å². The molecule has 0 saturated carbocycles. The number of aryl methyl sites for hydroxylation is 1. The molecule has 0 radical (unpaired) electrons. The summed E-state index contributed by atoms with van der Waals surface area (Å²) in [6, 6.07) is 17.1. The molecule has 27 heavy (non-hydrogen) atoms. The Bertz CT molecular complexity index is 1240. The van der Waals surface area contributed by atoms with Gasteiger partial charge < -0.3 is 4.98 Å². The van der Waals surface area contributed by atoms with E-state index in [1.807, 2.05) is 48.5 Å². The summed E-state index contributed by atoms with van der Waals surface area (Å²) in [6.07, 6.45) is 1.57. The molecule has 0 saturated heterocycles. The van der Waals surface area contributed by atoms with Crippen LogP contribution in [0.4, 0.5) is 0 Å². The number of hydrogen-bond donors (Lipinski definition) is 2. The summed E-state index contributed by atoms with van der Waals surface area (Å²) in [5, 5.41) is 12.7. The fourth-order valence-corrected chi connectivity index (χ4v) is 3.14. The van der Waals surface area contributed by atoms with E-state index in [9.17, 15) is 10.1 Å². The molecular formula is C20H14BrN5O.